The molecule has 3 aromatic rings. The van der Waals surface area contributed by atoms with E-state index in [4.69, 9.17) is 9.15 Å². The minimum Gasteiger partial charge on any atom is -0.507 e. The van der Waals surface area contributed by atoms with Gasteiger partial charge in [0.15, 0.2) is 11.6 Å². The predicted molar refractivity (Wildman–Crippen MR) is 90.0 cm³/mol. The molecule has 1 aromatic carbocycles. The van der Waals surface area contributed by atoms with Gasteiger partial charge >= 0.3 is 5.97 Å². The van der Waals surface area contributed by atoms with Gasteiger partial charge in [0.1, 0.15) is 24.0 Å². The van der Waals surface area contributed by atoms with Gasteiger partial charge in [0, 0.05) is 6.08 Å². The van der Waals surface area contributed by atoms with Crippen molar-refractivity contribution in [2.45, 2.75) is 0 Å². The smallest absolute Gasteiger partial charge is 0.331 e. The maximum absolute atomic E-state index is 11.6. The Kier molecular flexibility index (Phi) is 4.62. The van der Waals surface area contributed by atoms with Crippen LogP contribution in [0.4, 0.5) is 0 Å². The van der Waals surface area contributed by atoms with Crippen LogP contribution >= 0.6 is 0 Å². The van der Waals surface area contributed by atoms with Crippen molar-refractivity contribution in [1.29, 1.82) is 5.26 Å². The summed E-state index contributed by atoms with van der Waals surface area (Å²) in [6.07, 6.45) is 4.08. The molecule has 0 saturated carbocycles. The van der Waals surface area contributed by atoms with E-state index in [-0.39, 0.29) is 17.2 Å². The zero-order valence-electron chi connectivity index (χ0n) is 13.0. The first-order chi connectivity index (χ1) is 12.2. The molecule has 0 fully saturated rings. The number of benzene rings is 1. The summed E-state index contributed by atoms with van der Waals surface area (Å²) in [7, 11) is 0. The van der Waals surface area contributed by atoms with Crippen molar-refractivity contribution in [3.63, 3.8) is 0 Å². The molecule has 3 rings (SSSR count). The Hall–Kier alpha value is -3.79. The topological polar surface area (TPSA) is 112 Å². The first kappa shape index (κ1) is 16.1. The molecule has 0 aliphatic heterocycles. The number of aromatic amines is 1. The zero-order chi connectivity index (χ0) is 17.6. The molecule has 0 radical (unpaired) electrons. The molecular weight excluding hydrogens is 322 g/mol. The van der Waals surface area contributed by atoms with E-state index in [9.17, 15) is 15.2 Å². The molecule has 0 aliphatic carbocycles. The Bertz CT molecular complexity index is 958. The molecule has 2 N–H and O–H groups in total. The number of esters is 1. The molecule has 0 unspecified atom stereocenters. The van der Waals surface area contributed by atoms with Gasteiger partial charge in [-0.25, -0.2) is 9.78 Å². The Morgan fingerprint density at radius 3 is 2.92 bits per heavy atom. The molecule has 7 heteroatoms. The van der Waals surface area contributed by atoms with E-state index in [1.807, 2.05) is 18.2 Å². The Balaban J connectivity index is 1.71. The second-order valence-corrected chi connectivity index (χ2v) is 4.99. The number of para-hydroxylation sites is 2. The molecule has 7 nitrogen and oxygen atoms in total. The number of rotatable bonds is 5. The number of ether oxygens (including phenoxy) is 1. The summed E-state index contributed by atoms with van der Waals surface area (Å²) in [6.45, 7) is -0.443. The summed E-state index contributed by atoms with van der Waals surface area (Å²) in [4.78, 5) is 18.8. The maximum atomic E-state index is 11.6. The predicted octanol–water partition coefficient (Wildman–Crippen LogP) is 3.21. The van der Waals surface area contributed by atoms with Crippen molar-refractivity contribution in [1.82, 2.24) is 9.97 Å². The number of aliphatic hydroxyl groups is 1. The van der Waals surface area contributed by atoms with Crippen LogP contribution < -0.4 is 0 Å². The number of carbonyl (C=O) groups is 1. The molecule has 2 aromatic heterocycles. The number of aromatic nitrogens is 2. The van der Waals surface area contributed by atoms with Gasteiger partial charge in [-0.15, -0.1) is 0 Å². The number of allylic oxidation sites excluding steroid dienone is 1. The fourth-order valence-electron chi connectivity index (χ4n) is 2.12. The van der Waals surface area contributed by atoms with Gasteiger partial charge in [0.25, 0.3) is 0 Å². The van der Waals surface area contributed by atoms with E-state index in [0.29, 0.717) is 11.3 Å². The molecule has 0 saturated heterocycles. The third kappa shape index (κ3) is 3.76. The number of nitriles is 1. The molecular formula is C18H13N3O4. The average molecular weight is 335 g/mol. The molecule has 0 spiro atoms. The van der Waals surface area contributed by atoms with Gasteiger partial charge < -0.3 is 19.2 Å². The lowest BCUT2D eigenvalue weighted by atomic mass is 10.2. The molecule has 2 heterocycles. The summed E-state index contributed by atoms with van der Waals surface area (Å²) in [5.41, 5.74) is 1.31. The summed E-state index contributed by atoms with van der Waals surface area (Å²) >= 11 is 0. The van der Waals surface area contributed by atoms with Crippen LogP contribution in [0.25, 0.3) is 22.7 Å². The zero-order valence-corrected chi connectivity index (χ0v) is 13.0. The number of aliphatic hydroxyl groups excluding tert-OH is 1. The number of furan rings is 1. The van der Waals surface area contributed by atoms with Crippen molar-refractivity contribution in [3.8, 4) is 6.07 Å². The van der Waals surface area contributed by atoms with E-state index in [1.165, 1.54) is 18.4 Å². The van der Waals surface area contributed by atoms with E-state index in [2.05, 4.69) is 9.97 Å². The minimum atomic E-state index is -0.676. The normalized spacial score (nSPS) is 12.1. The molecule has 0 aliphatic rings. The van der Waals surface area contributed by atoms with Crippen molar-refractivity contribution in [3.05, 3.63) is 66.1 Å². The standard InChI is InChI=1S/C18H13N3O4/c19-10-13(18-20-14-5-1-2-6-15(14)21-18)16(22)11-25-17(23)8-7-12-4-3-9-24-12/h1-9,22H,11H2,(H,20,21)/b8-7+,16-13+. The van der Waals surface area contributed by atoms with Gasteiger partial charge in [-0.05, 0) is 30.3 Å². The highest BCUT2D eigenvalue weighted by Crippen LogP contribution is 2.18. The third-order valence-corrected chi connectivity index (χ3v) is 3.30. The number of fused-ring (bicyclic) bond motifs is 1. The monoisotopic (exact) mass is 335 g/mol. The van der Waals surface area contributed by atoms with Gasteiger partial charge in [-0.1, -0.05) is 12.1 Å². The van der Waals surface area contributed by atoms with Crippen LogP contribution in [-0.4, -0.2) is 27.7 Å². The number of hydrogen-bond donors (Lipinski definition) is 2. The molecule has 25 heavy (non-hydrogen) atoms. The lowest BCUT2D eigenvalue weighted by Gasteiger charge is -2.03. The fourth-order valence-corrected chi connectivity index (χ4v) is 2.12. The SMILES string of the molecule is N#C/C(=C(\O)COC(=O)/C=C/c1ccco1)c1nc2ccccc2[nH]1. The number of nitrogens with zero attached hydrogens (tertiary/aromatic N) is 2. The number of nitrogens with one attached hydrogen (secondary N) is 1. The summed E-state index contributed by atoms with van der Waals surface area (Å²) in [6, 6.07) is 12.5. The third-order valence-electron chi connectivity index (χ3n) is 3.30. The van der Waals surface area contributed by atoms with E-state index < -0.39 is 12.6 Å². The van der Waals surface area contributed by atoms with Crippen LogP contribution in [0.5, 0.6) is 0 Å². The Morgan fingerprint density at radius 2 is 2.20 bits per heavy atom. The summed E-state index contributed by atoms with van der Waals surface area (Å²) < 4.78 is 9.96. The van der Waals surface area contributed by atoms with Gasteiger partial charge in [0.05, 0.1) is 17.3 Å². The number of imidazole rings is 1. The van der Waals surface area contributed by atoms with E-state index in [0.717, 1.165) is 5.52 Å². The minimum absolute atomic E-state index is 0.0842. The van der Waals surface area contributed by atoms with Crippen molar-refractivity contribution < 1.29 is 19.1 Å². The maximum Gasteiger partial charge on any atom is 0.331 e. The van der Waals surface area contributed by atoms with Crippen LogP contribution in [0, 0.1) is 11.3 Å². The highest BCUT2D eigenvalue weighted by Gasteiger charge is 2.14. The fraction of sp³-hybridized carbons (Fsp3) is 0.0556. The summed E-state index contributed by atoms with van der Waals surface area (Å²) in [5.74, 6) is -0.355. The van der Waals surface area contributed by atoms with Crippen molar-refractivity contribution in [2.75, 3.05) is 6.61 Å². The largest absolute Gasteiger partial charge is 0.507 e. The van der Waals surface area contributed by atoms with Crippen LogP contribution in [0.1, 0.15) is 11.6 Å². The second-order valence-electron chi connectivity index (χ2n) is 4.99. The Morgan fingerprint density at radius 1 is 1.36 bits per heavy atom. The molecule has 0 atom stereocenters. The molecule has 124 valence electrons. The Labute approximate surface area is 142 Å². The van der Waals surface area contributed by atoms with Crippen LogP contribution in [0.15, 0.2) is 58.9 Å². The molecule has 0 bridgehead atoms. The van der Waals surface area contributed by atoms with Crippen molar-refractivity contribution >= 4 is 28.7 Å². The summed E-state index contributed by atoms with van der Waals surface area (Å²) in [5, 5.41) is 19.3. The van der Waals surface area contributed by atoms with Crippen molar-refractivity contribution in [2.24, 2.45) is 0 Å². The molecule has 0 amide bonds. The first-order valence-electron chi connectivity index (χ1n) is 7.33. The number of carbonyl (C=O) groups excluding carboxylic acids is 1. The van der Waals surface area contributed by atoms with Gasteiger partial charge in [-0.3, -0.25) is 0 Å². The van der Waals surface area contributed by atoms with E-state index >= 15 is 0 Å². The van der Waals surface area contributed by atoms with Crippen LogP contribution in [0.3, 0.4) is 0 Å². The van der Waals surface area contributed by atoms with Gasteiger partial charge in [0.2, 0.25) is 0 Å². The van der Waals surface area contributed by atoms with Gasteiger partial charge in [-0.2, -0.15) is 5.26 Å². The highest BCUT2D eigenvalue weighted by atomic mass is 16.5. The van der Waals surface area contributed by atoms with Crippen LogP contribution in [0.2, 0.25) is 0 Å². The first-order valence-corrected chi connectivity index (χ1v) is 7.33. The lowest BCUT2D eigenvalue weighted by molar-refractivity contribution is -0.137. The van der Waals surface area contributed by atoms with Crippen LogP contribution in [-0.2, 0) is 9.53 Å². The lowest BCUT2D eigenvalue weighted by Crippen LogP contribution is -2.06. The number of H-pyrrole nitrogens is 1. The number of hydrogen-bond acceptors (Lipinski definition) is 6. The van der Waals surface area contributed by atoms with E-state index in [1.54, 1.807) is 24.3 Å². The highest BCUT2D eigenvalue weighted by molar-refractivity contribution is 5.87. The second kappa shape index (κ2) is 7.19. The average Bonchev–Trinajstić information content (AvgIpc) is 3.28. The quantitative estimate of drug-likeness (QED) is 0.320.